The number of carbonyl (C=O) groups is 2. The molecule has 148 valence electrons. The first-order valence-electron chi connectivity index (χ1n) is 9.57. The van der Waals surface area contributed by atoms with E-state index in [4.69, 9.17) is 4.74 Å². The quantitative estimate of drug-likeness (QED) is 0.833. The number of ether oxygens (including phenoxy) is 1. The van der Waals surface area contributed by atoms with Crippen LogP contribution in [-0.4, -0.2) is 60.9 Å². The van der Waals surface area contributed by atoms with Crippen molar-refractivity contribution in [3.8, 4) is 5.75 Å². The molecule has 1 aliphatic rings. The molecule has 3 rings (SSSR count). The van der Waals surface area contributed by atoms with Gasteiger partial charge in [-0.1, -0.05) is 30.3 Å². The van der Waals surface area contributed by atoms with Crippen molar-refractivity contribution >= 4 is 11.8 Å². The second kappa shape index (κ2) is 9.37. The predicted molar refractivity (Wildman–Crippen MR) is 108 cm³/mol. The minimum atomic E-state index is -0.236. The Labute approximate surface area is 166 Å². The average Bonchev–Trinajstić information content (AvgIpc) is 2.77. The van der Waals surface area contributed by atoms with Crippen LogP contribution in [0.5, 0.6) is 5.75 Å². The molecule has 1 atom stereocenters. The van der Waals surface area contributed by atoms with Crippen molar-refractivity contribution in [2.45, 2.75) is 19.5 Å². The summed E-state index contributed by atoms with van der Waals surface area (Å²) in [6.07, 6.45) is 0. The fourth-order valence-corrected chi connectivity index (χ4v) is 3.36. The molecule has 0 aromatic heterocycles. The van der Waals surface area contributed by atoms with E-state index in [0.717, 1.165) is 11.3 Å². The highest BCUT2D eigenvalue weighted by Gasteiger charge is 2.27. The summed E-state index contributed by atoms with van der Waals surface area (Å²) in [6.45, 7) is 5.00. The van der Waals surface area contributed by atoms with E-state index in [1.165, 1.54) is 0 Å². The number of hydrogen-bond acceptors (Lipinski definition) is 4. The average molecular weight is 381 g/mol. The number of nitrogens with zero attached hydrogens (tertiary/aromatic N) is 2. The third kappa shape index (κ3) is 4.89. The number of methoxy groups -OCH3 is 1. The lowest BCUT2D eigenvalue weighted by molar-refractivity contribution is -0.126. The zero-order valence-electron chi connectivity index (χ0n) is 16.4. The van der Waals surface area contributed by atoms with Crippen LogP contribution in [0.3, 0.4) is 0 Å². The standard InChI is InChI=1S/C22H27N3O3/c1-17(21(26)23-16-18-7-6-10-20(15-18)28-2)24-11-13-25(14-12-24)22(27)19-8-4-3-5-9-19/h3-10,15,17H,11-14,16H2,1-2H3,(H,23,26). The van der Waals surface area contributed by atoms with E-state index in [1.807, 2.05) is 66.4 Å². The third-order valence-electron chi connectivity index (χ3n) is 5.15. The van der Waals surface area contributed by atoms with Crippen LogP contribution in [0.15, 0.2) is 54.6 Å². The van der Waals surface area contributed by atoms with Crippen LogP contribution in [0.4, 0.5) is 0 Å². The van der Waals surface area contributed by atoms with Gasteiger partial charge in [0.2, 0.25) is 5.91 Å². The summed E-state index contributed by atoms with van der Waals surface area (Å²) in [5, 5.41) is 2.99. The Hall–Kier alpha value is -2.86. The van der Waals surface area contributed by atoms with Crippen molar-refractivity contribution in [2.24, 2.45) is 0 Å². The Balaban J connectivity index is 1.48. The van der Waals surface area contributed by atoms with E-state index >= 15 is 0 Å². The first-order chi connectivity index (χ1) is 13.6. The lowest BCUT2D eigenvalue weighted by Crippen LogP contribution is -2.54. The van der Waals surface area contributed by atoms with Crippen LogP contribution in [0.2, 0.25) is 0 Å². The van der Waals surface area contributed by atoms with Gasteiger partial charge in [0.1, 0.15) is 5.75 Å². The SMILES string of the molecule is COc1cccc(CNC(=O)C(C)N2CCN(C(=O)c3ccccc3)CC2)c1. The van der Waals surface area contributed by atoms with Gasteiger partial charge in [-0.25, -0.2) is 0 Å². The maximum absolute atomic E-state index is 12.5. The van der Waals surface area contributed by atoms with Crippen molar-refractivity contribution < 1.29 is 14.3 Å². The molecule has 2 amide bonds. The molecule has 6 nitrogen and oxygen atoms in total. The van der Waals surface area contributed by atoms with E-state index in [1.54, 1.807) is 7.11 Å². The molecule has 1 N–H and O–H groups in total. The summed E-state index contributed by atoms with van der Waals surface area (Å²) in [4.78, 5) is 29.1. The first-order valence-corrected chi connectivity index (χ1v) is 9.57. The fourth-order valence-electron chi connectivity index (χ4n) is 3.36. The lowest BCUT2D eigenvalue weighted by atomic mass is 10.1. The van der Waals surface area contributed by atoms with Crippen molar-refractivity contribution in [1.82, 2.24) is 15.1 Å². The van der Waals surface area contributed by atoms with Crippen LogP contribution >= 0.6 is 0 Å². The molecular weight excluding hydrogens is 354 g/mol. The van der Waals surface area contributed by atoms with Crippen LogP contribution in [0.25, 0.3) is 0 Å². The predicted octanol–water partition coefficient (Wildman–Crippen LogP) is 2.16. The topological polar surface area (TPSA) is 61.9 Å². The van der Waals surface area contributed by atoms with E-state index in [-0.39, 0.29) is 17.9 Å². The molecule has 28 heavy (non-hydrogen) atoms. The third-order valence-corrected chi connectivity index (χ3v) is 5.15. The van der Waals surface area contributed by atoms with Crippen molar-refractivity contribution in [3.05, 3.63) is 65.7 Å². The fraction of sp³-hybridized carbons (Fsp3) is 0.364. The van der Waals surface area contributed by atoms with Gasteiger partial charge in [0, 0.05) is 38.3 Å². The molecule has 0 aliphatic carbocycles. The number of hydrogen-bond donors (Lipinski definition) is 1. The molecule has 6 heteroatoms. The zero-order valence-corrected chi connectivity index (χ0v) is 16.4. The number of piperazine rings is 1. The Kier molecular flexibility index (Phi) is 6.66. The van der Waals surface area contributed by atoms with Crippen LogP contribution in [0.1, 0.15) is 22.8 Å². The highest BCUT2D eigenvalue weighted by molar-refractivity contribution is 5.94. The van der Waals surface area contributed by atoms with Gasteiger partial charge in [0.05, 0.1) is 13.2 Å². The summed E-state index contributed by atoms with van der Waals surface area (Å²) < 4.78 is 5.21. The van der Waals surface area contributed by atoms with Crippen LogP contribution in [-0.2, 0) is 11.3 Å². The summed E-state index contributed by atoms with van der Waals surface area (Å²) in [5.74, 6) is 0.819. The van der Waals surface area contributed by atoms with Gasteiger partial charge in [-0.2, -0.15) is 0 Å². The molecule has 1 heterocycles. The second-order valence-electron chi connectivity index (χ2n) is 6.94. The zero-order chi connectivity index (χ0) is 19.9. The number of rotatable bonds is 6. The maximum atomic E-state index is 12.5. The molecular formula is C22H27N3O3. The largest absolute Gasteiger partial charge is 0.497 e. The molecule has 0 saturated carbocycles. The van der Waals surface area contributed by atoms with Crippen LogP contribution < -0.4 is 10.1 Å². The molecule has 1 unspecified atom stereocenters. The summed E-state index contributed by atoms with van der Waals surface area (Å²) >= 11 is 0. The number of benzene rings is 2. The van der Waals surface area contributed by atoms with Crippen molar-refractivity contribution in [3.63, 3.8) is 0 Å². The maximum Gasteiger partial charge on any atom is 0.253 e. The molecule has 2 aromatic carbocycles. The van der Waals surface area contributed by atoms with Gasteiger partial charge >= 0.3 is 0 Å². The van der Waals surface area contributed by atoms with Gasteiger partial charge in [-0.15, -0.1) is 0 Å². The number of carbonyl (C=O) groups excluding carboxylic acids is 2. The van der Waals surface area contributed by atoms with Gasteiger partial charge in [-0.3, -0.25) is 14.5 Å². The van der Waals surface area contributed by atoms with E-state index in [0.29, 0.717) is 38.3 Å². The Bertz CT molecular complexity index is 802. The van der Waals surface area contributed by atoms with Gasteiger partial charge < -0.3 is 15.0 Å². The highest BCUT2D eigenvalue weighted by atomic mass is 16.5. The summed E-state index contributed by atoms with van der Waals surface area (Å²) in [5.41, 5.74) is 1.71. The first kappa shape index (κ1) is 19.9. The smallest absolute Gasteiger partial charge is 0.253 e. The minimum absolute atomic E-state index is 0.00865. The Morgan fingerprint density at radius 1 is 1.04 bits per heavy atom. The molecule has 2 aromatic rings. The molecule has 1 fully saturated rings. The van der Waals surface area contributed by atoms with Gasteiger partial charge in [0.15, 0.2) is 0 Å². The van der Waals surface area contributed by atoms with E-state index in [9.17, 15) is 9.59 Å². The normalized spacial score (nSPS) is 15.7. The van der Waals surface area contributed by atoms with Gasteiger partial charge in [-0.05, 0) is 36.8 Å². The molecule has 0 spiro atoms. The van der Waals surface area contributed by atoms with Crippen LogP contribution in [0, 0.1) is 0 Å². The summed E-state index contributed by atoms with van der Waals surface area (Å²) in [6, 6.07) is 16.8. The minimum Gasteiger partial charge on any atom is -0.497 e. The molecule has 1 saturated heterocycles. The number of amides is 2. The molecule has 1 aliphatic heterocycles. The lowest BCUT2D eigenvalue weighted by Gasteiger charge is -2.37. The molecule has 0 bridgehead atoms. The van der Waals surface area contributed by atoms with Crippen molar-refractivity contribution in [1.29, 1.82) is 0 Å². The van der Waals surface area contributed by atoms with Gasteiger partial charge in [0.25, 0.3) is 5.91 Å². The number of nitrogens with one attached hydrogen (secondary N) is 1. The summed E-state index contributed by atoms with van der Waals surface area (Å²) in [7, 11) is 1.63. The Morgan fingerprint density at radius 2 is 1.75 bits per heavy atom. The van der Waals surface area contributed by atoms with E-state index in [2.05, 4.69) is 10.2 Å². The van der Waals surface area contributed by atoms with E-state index < -0.39 is 0 Å². The Morgan fingerprint density at radius 3 is 2.43 bits per heavy atom. The monoisotopic (exact) mass is 381 g/mol. The highest BCUT2D eigenvalue weighted by Crippen LogP contribution is 2.13. The molecule has 0 radical (unpaired) electrons. The van der Waals surface area contributed by atoms with Crippen molar-refractivity contribution in [2.75, 3.05) is 33.3 Å². The second-order valence-corrected chi connectivity index (χ2v) is 6.94.